The Morgan fingerprint density at radius 1 is 0.829 bits per heavy atom. The summed E-state index contributed by atoms with van der Waals surface area (Å²) in [6, 6.07) is 16.5. The summed E-state index contributed by atoms with van der Waals surface area (Å²) >= 11 is 0. The lowest BCUT2D eigenvalue weighted by atomic mass is 10.2. The number of hydrogen-bond acceptors (Lipinski definition) is 7. The number of rotatable bonds is 7. The minimum atomic E-state index is -3.82. The average Bonchev–Trinajstić information content (AvgIpc) is 2.87. The first-order chi connectivity index (χ1) is 16.9. The van der Waals surface area contributed by atoms with Crippen LogP contribution in [0.4, 0.5) is 5.69 Å². The second-order valence-corrected chi connectivity index (χ2v) is 9.04. The van der Waals surface area contributed by atoms with Gasteiger partial charge in [-0.1, -0.05) is 0 Å². The van der Waals surface area contributed by atoms with E-state index in [1.807, 2.05) is 6.92 Å². The van der Waals surface area contributed by atoms with Crippen LogP contribution in [0.15, 0.2) is 71.6 Å². The molecule has 0 saturated carbocycles. The fraction of sp³-hybridized carbons (Fsp3) is 0.167. The predicted molar refractivity (Wildman–Crippen MR) is 127 cm³/mol. The van der Waals surface area contributed by atoms with Crippen LogP contribution in [-0.4, -0.2) is 40.1 Å². The molecule has 1 aliphatic rings. The Hall–Kier alpha value is -4.25. The lowest BCUT2D eigenvalue weighted by Crippen LogP contribution is -2.41. The van der Waals surface area contributed by atoms with Gasteiger partial charge in [-0.3, -0.25) is 25.2 Å². The van der Waals surface area contributed by atoms with Crippen molar-refractivity contribution in [2.75, 3.05) is 24.5 Å². The lowest BCUT2D eigenvalue weighted by Gasteiger charge is -2.18. The molecule has 0 atom stereocenters. The summed E-state index contributed by atoms with van der Waals surface area (Å²) in [5, 5.41) is 0. The maximum Gasteiger partial charge on any atom is 0.269 e. The lowest BCUT2D eigenvalue weighted by molar-refractivity contribution is 0.0846. The number of fused-ring (bicyclic) bond motifs is 1. The quantitative estimate of drug-likeness (QED) is 0.428. The largest absolute Gasteiger partial charge is 0.494 e. The summed E-state index contributed by atoms with van der Waals surface area (Å²) in [5.74, 6) is 0.475. The van der Waals surface area contributed by atoms with Crippen molar-refractivity contribution in [3.63, 3.8) is 0 Å². The number of carbonyl (C=O) groups is 2. The van der Waals surface area contributed by atoms with Gasteiger partial charge in [0.1, 0.15) is 19.0 Å². The van der Waals surface area contributed by atoms with E-state index in [0.29, 0.717) is 37.1 Å². The summed E-state index contributed by atoms with van der Waals surface area (Å²) in [5.41, 5.74) is 5.44. The highest BCUT2D eigenvalue weighted by Crippen LogP contribution is 2.30. The molecule has 4 rings (SSSR count). The first-order valence-corrected chi connectivity index (χ1v) is 12.2. The fourth-order valence-electron chi connectivity index (χ4n) is 3.23. The molecule has 0 bridgehead atoms. The van der Waals surface area contributed by atoms with Gasteiger partial charge in [0.25, 0.3) is 21.8 Å². The molecule has 1 heterocycles. The van der Waals surface area contributed by atoms with Crippen LogP contribution in [0.5, 0.6) is 17.2 Å². The van der Waals surface area contributed by atoms with Gasteiger partial charge in [-0.05, 0) is 73.7 Å². The second kappa shape index (κ2) is 10.3. The number of hydrogen-bond donors (Lipinski definition) is 3. The Kier molecular flexibility index (Phi) is 7.06. The predicted octanol–water partition coefficient (Wildman–Crippen LogP) is 2.73. The third kappa shape index (κ3) is 5.82. The van der Waals surface area contributed by atoms with Crippen LogP contribution in [-0.2, 0) is 10.0 Å². The number of anilines is 1. The summed E-state index contributed by atoms with van der Waals surface area (Å²) < 4.78 is 43.8. The van der Waals surface area contributed by atoms with Crippen LogP contribution in [0.25, 0.3) is 0 Å². The molecular formula is C24H23N3O7S. The molecule has 11 heteroatoms. The molecule has 0 fully saturated rings. The molecular weight excluding hydrogens is 474 g/mol. The van der Waals surface area contributed by atoms with Crippen LogP contribution in [0.2, 0.25) is 0 Å². The molecule has 0 radical (unpaired) electrons. The maximum atomic E-state index is 12.6. The zero-order chi connectivity index (χ0) is 24.8. The van der Waals surface area contributed by atoms with Gasteiger partial charge in [-0.25, -0.2) is 8.42 Å². The zero-order valence-electron chi connectivity index (χ0n) is 18.7. The molecule has 0 aromatic heterocycles. The molecule has 3 aromatic rings. The fourth-order valence-corrected chi connectivity index (χ4v) is 4.29. The van der Waals surface area contributed by atoms with Crippen molar-refractivity contribution in [3.8, 4) is 17.2 Å². The number of benzene rings is 3. The highest BCUT2D eigenvalue weighted by molar-refractivity contribution is 7.92. The van der Waals surface area contributed by atoms with Crippen LogP contribution in [0, 0.1) is 0 Å². The van der Waals surface area contributed by atoms with E-state index in [-0.39, 0.29) is 21.7 Å². The molecule has 35 heavy (non-hydrogen) atoms. The van der Waals surface area contributed by atoms with Gasteiger partial charge in [0.05, 0.1) is 11.5 Å². The van der Waals surface area contributed by atoms with Gasteiger partial charge >= 0.3 is 0 Å². The molecule has 0 aliphatic carbocycles. The summed E-state index contributed by atoms with van der Waals surface area (Å²) in [4.78, 5) is 24.8. The Bertz CT molecular complexity index is 1320. The van der Waals surface area contributed by atoms with Crippen LogP contribution < -0.4 is 29.8 Å². The van der Waals surface area contributed by atoms with Gasteiger partial charge in [-0.15, -0.1) is 0 Å². The molecule has 1 aliphatic heterocycles. The number of carbonyl (C=O) groups excluding carboxylic acids is 2. The van der Waals surface area contributed by atoms with Gasteiger partial charge in [0.15, 0.2) is 11.5 Å². The van der Waals surface area contributed by atoms with Gasteiger partial charge in [0, 0.05) is 16.8 Å². The SMILES string of the molecule is CCOc1ccc(S(=O)(=O)Nc2ccc(C(=O)NNC(=O)c3ccc4c(c3)OCCO4)cc2)cc1. The molecule has 0 spiro atoms. The number of hydrazine groups is 1. The Balaban J connectivity index is 1.34. The van der Waals surface area contributed by atoms with Crippen LogP contribution in [0.3, 0.4) is 0 Å². The van der Waals surface area contributed by atoms with E-state index >= 15 is 0 Å². The topological polar surface area (TPSA) is 132 Å². The Morgan fingerprint density at radius 3 is 2.09 bits per heavy atom. The van der Waals surface area contributed by atoms with E-state index in [4.69, 9.17) is 14.2 Å². The van der Waals surface area contributed by atoms with Crippen molar-refractivity contribution in [1.29, 1.82) is 0 Å². The highest BCUT2D eigenvalue weighted by atomic mass is 32.2. The maximum absolute atomic E-state index is 12.6. The normalized spacial score (nSPS) is 12.4. The van der Waals surface area contributed by atoms with Crippen molar-refractivity contribution in [1.82, 2.24) is 10.9 Å². The monoisotopic (exact) mass is 497 g/mol. The molecule has 3 N–H and O–H groups in total. The van der Waals surface area contributed by atoms with Crippen molar-refractivity contribution in [3.05, 3.63) is 77.9 Å². The number of sulfonamides is 1. The van der Waals surface area contributed by atoms with E-state index < -0.39 is 21.8 Å². The van der Waals surface area contributed by atoms with Crippen molar-refractivity contribution < 1.29 is 32.2 Å². The third-order valence-electron chi connectivity index (χ3n) is 4.94. The first kappa shape index (κ1) is 23.9. The minimum Gasteiger partial charge on any atom is -0.494 e. The van der Waals surface area contributed by atoms with Gasteiger partial charge < -0.3 is 14.2 Å². The Labute approximate surface area is 202 Å². The minimum absolute atomic E-state index is 0.0737. The van der Waals surface area contributed by atoms with E-state index in [0.717, 1.165) is 0 Å². The van der Waals surface area contributed by atoms with Gasteiger partial charge in [0.2, 0.25) is 0 Å². The molecule has 0 unspecified atom stereocenters. The number of ether oxygens (including phenoxy) is 3. The van der Waals surface area contributed by atoms with Crippen LogP contribution >= 0.6 is 0 Å². The summed E-state index contributed by atoms with van der Waals surface area (Å²) in [6.45, 7) is 3.15. The van der Waals surface area contributed by atoms with Gasteiger partial charge in [-0.2, -0.15) is 0 Å². The van der Waals surface area contributed by atoms with E-state index in [1.165, 1.54) is 42.5 Å². The number of amides is 2. The smallest absolute Gasteiger partial charge is 0.269 e. The third-order valence-corrected chi connectivity index (χ3v) is 6.34. The summed E-state index contributed by atoms with van der Waals surface area (Å²) in [6.07, 6.45) is 0. The molecule has 2 amide bonds. The standard InChI is InChI=1S/C24H23N3O7S/c1-2-32-19-8-10-20(11-9-19)35(30,31)27-18-6-3-16(4-7-18)23(28)25-26-24(29)17-5-12-21-22(15-17)34-14-13-33-21/h3-12,15,27H,2,13-14H2,1H3,(H,25,28)(H,26,29). The Morgan fingerprint density at radius 2 is 1.43 bits per heavy atom. The average molecular weight is 498 g/mol. The molecule has 182 valence electrons. The second-order valence-electron chi connectivity index (χ2n) is 7.35. The van der Waals surface area contributed by atoms with E-state index in [9.17, 15) is 18.0 Å². The molecule has 3 aromatic carbocycles. The van der Waals surface area contributed by atoms with E-state index in [2.05, 4.69) is 15.6 Å². The van der Waals surface area contributed by atoms with Crippen molar-refractivity contribution in [2.45, 2.75) is 11.8 Å². The summed E-state index contributed by atoms with van der Waals surface area (Å²) in [7, 11) is -3.82. The molecule has 0 saturated heterocycles. The molecule has 10 nitrogen and oxygen atoms in total. The first-order valence-electron chi connectivity index (χ1n) is 10.7. The highest BCUT2D eigenvalue weighted by Gasteiger charge is 2.17. The van der Waals surface area contributed by atoms with E-state index in [1.54, 1.807) is 24.3 Å². The van der Waals surface area contributed by atoms with Crippen molar-refractivity contribution in [2.24, 2.45) is 0 Å². The number of nitrogens with one attached hydrogen (secondary N) is 3. The van der Waals surface area contributed by atoms with Crippen LogP contribution in [0.1, 0.15) is 27.6 Å². The zero-order valence-corrected chi connectivity index (χ0v) is 19.6. The van der Waals surface area contributed by atoms with Crippen molar-refractivity contribution >= 4 is 27.5 Å².